The average molecular weight is 241 g/mol. The zero-order valence-electron chi connectivity index (χ0n) is 10.3. The van der Waals surface area contributed by atoms with Crippen LogP contribution in [-0.4, -0.2) is 34.5 Å². The van der Waals surface area contributed by atoms with Gasteiger partial charge in [0.1, 0.15) is 0 Å². The predicted octanol–water partition coefficient (Wildman–Crippen LogP) is 2.15. The van der Waals surface area contributed by atoms with E-state index in [1.54, 1.807) is 19.0 Å². The Bertz CT molecular complexity index is 417. The molecule has 0 aliphatic carbocycles. The van der Waals surface area contributed by atoms with E-state index in [2.05, 4.69) is 18.8 Å². The van der Waals surface area contributed by atoms with Crippen molar-refractivity contribution >= 4 is 18.1 Å². The number of amides is 1. The molecule has 90 valence electrons. The van der Waals surface area contributed by atoms with E-state index in [-0.39, 0.29) is 5.91 Å². The molecule has 0 aliphatic rings. The third kappa shape index (κ3) is 2.95. The van der Waals surface area contributed by atoms with Crippen LogP contribution in [0.2, 0.25) is 0 Å². The zero-order valence-corrected chi connectivity index (χ0v) is 11.1. The van der Waals surface area contributed by atoms with Crippen LogP contribution in [0.5, 0.6) is 0 Å². The van der Waals surface area contributed by atoms with Gasteiger partial charge in [0.05, 0.1) is 0 Å². The summed E-state index contributed by atoms with van der Waals surface area (Å²) < 4.78 is 2.69. The minimum absolute atomic E-state index is 0.123. The summed E-state index contributed by atoms with van der Waals surface area (Å²) in [7, 11) is 3.53. The largest absolute Gasteiger partial charge is 0.349 e. The Kier molecular flexibility index (Phi) is 4.29. The van der Waals surface area contributed by atoms with Crippen molar-refractivity contribution in [1.82, 2.24) is 14.5 Å². The van der Waals surface area contributed by atoms with Crippen molar-refractivity contribution in [2.24, 2.45) is 0 Å². The summed E-state index contributed by atoms with van der Waals surface area (Å²) in [5.74, 6) is 0.528. The van der Waals surface area contributed by atoms with Crippen molar-refractivity contribution in [2.75, 3.05) is 14.1 Å². The molecule has 1 N–H and O–H groups in total. The second kappa shape index (κ2) is 5.30. The number of hydrogen-bond acceptors (Lipinski definition) is 2. The zero-order chi connectivity index (χ0) is 12.3. The first-order chi connectivity index (χ1) is 7.43. The number of imidazole rings is 1. The molecule has 0 radical (unpaired) electrons. The predicted molar refractivity (Wildman–Crippen MR) is 67.0 cm³/mol. The molecule has 1 heterocycles. The van der Waals surface area contributed by atoms with Crippen LogP contribution in [0.4, 0.5) is 0 Å². The van der Waals surface area contributed by atoms with Crippen molar-refractivity contribution in [2.45, 2.75) is 32.7 Å². The van der Waals surface area contributed by atoms with E-state index in [0.29, 0.717) is 23.7 Å². The maximum absolute atomic E-state index is 11.5. The Labute approximate surface area is 101 Å². The molecule has 1 aromatic rings. The number of H-pyrrole nitrogens is 1. The number of carbonyl (C=O) groups is 1. The van der Waals surface area contributed by atoms with Crippen LogP contribution < -0.4 is 0 Å². The number of hydrogen-bond donors (Lipinski definition) is 1. The van der Waals surface area contributed by atoms with Crippen LogP contribution >= 0.6 is 12.2 Å². The van der Waals surface area contributed by atoms with Crippen molar-refractivity contribution in [1.29, 1.82) is 0 Å². The van der Waals surface area contributed by atoms with Crippen molar-refractivity contribution in [3.63, 3.8) is 0 Å². The molecular weight excluding hydrogens is 222 g/mol. The van der Waals surface area contributed by atoms with Gasteiger partial charge in [0.15, 0.2) is 4.77 Å². The third-order valence-corrected chi connectivity index (χ3v) is 2.88. The summed E-state index contributed by atoms with van der Waals surface area (Å²) in [6.07, 6.45) is 2.41. The second-order valence-corrected chi connectivity index (χ2v) is 4.75. The molecule has 0 saturated carbocycles. The number of carbonyl (C=O) groups excluding carboxylic acids is 1. The van der Waals surface area contributed by atoms with Crippen LogP contribution in [0, 0.1) is 4.77 Å². The lowest BCUT2D eigenvalue weighted by Gasteiger charge is -2.13. The molecule has 1 aromatic heterocycles. The number of nitrogens with zero attached hydrogens (tertiary/aromatic N) is 2. The summed E-state index contributed by atoms with van der Waals surface area (Å²) in [4.78, 5) is 16.1. The highest BCUT2D eigenvalue weighted by molar-refractivity contribution is 7.71. The molecule has 5 heteroatoms. The number of rotatable bonds is 4. The first-order valence-electron chi connectivity index (χ1n) is 5.41. The van der Waals surface area contributed by atoms with Gasteiger partial charge in [0, 0.05) is 39.0 Å². The SMILES string of the molecule is CC(C)c1c[nH]c(=S)n1CCC(=O)N(C)C. The monoisotopic (exact) mass is 241 g/mol. The van der Waals surface area contributed by atoms with Crippen molar-refractivity contribution in [3.8, 4) is 0 Å². The molecule has 0 spiro atoms. The van der Waals surface area contributed by atoms with Gasteiger partial charge in [-0.3, -0.25) is 4.79 Å². The first-order valence-corrected chi connectivity index (χ1v) is 5.82. The maximum Gasteiger partial charge on any atom is 0.223 e. The molecule has 0 unspecified atom stereocenters. The average Bonchev–Trinajstić information content (AvgIpc) is 2.56. The Balaban J connectivity index is 2.77. The van der Waals surface area contributed by atoms with Crippen LogP contribution in [0.25, 0.3) is 0 Å². The fourth-order valence-electron chi connectivity index (χ4n) is 1.55. The molecule has 16 heavy (non-hydrogen) atoms. The maximum atomic E-state index is 11.5. The normalized spacial score (nSPS) is 10.8. The van der Waals surface area contributed by atoms with Gasteiger partial charge < -0.3 is 14.5 Å². The van der Waals surface area contributed by atoms with Gasteiger partial charge in [-0.15, -0.1) is 0 Å². The van der Waals surface area contributed by atoms with Crippen LogP contribution in [0.3, 0.4) is 0 Å². The summed E-state index contributed by atoms with van der Waals surface area (Å²) in [6.45, 7) is 4.87. The molecule has 0 fully saturated rings. The fourth-order valence-corrected chi connectivity index (χ4v) is 1.80. The van der Waals surface area contributed by atoms with E-state index in [1.807, 2.05) is 10.8 Å². The fraction of sp³-hybridized carbons (Fsp3) is 0.636. The molecule has 1 amide bonds. The van der Waals surface area contributed by atoms with E-state index < -0.39 is 0 Å². The lowest BCUT2D eigenvalue weighted by Crippen LogP contribution is -2.23. The van der Waals surface area contributed by atoms with E-state index in [9.17, 15) is 4.79 Å². The van der Waals surface area contributed by atoms with Crippen LogP contribution in [0.15, 0.2) is 6.20 Å². The highest BCUT2D eigenvalue weighted by Crippen LogP contribution is 2.14. The Hall–Kier alpha value is -1.10. The molecule has 0 atom stereocenters. The third-order valence-electron chi connectivity index (χ3n) is 2.54. The molecule has 1 rings (SSSR count). The van der Waals surface area contributed by atoms with E-state index in [0.717, 1.165) is 5.69 Å². The molecule has 0 bridgehead atoms. The highest BCUT2D eigenvalue weighted by Gasteiger charge is 2.10. The minimum atomic E-state index is 0.123. The van der Waals surface area contributed by atoms with Crippen LogP contribution in [-0.2, 0) is 11.3 Å². The number of aromatic amines is 1. The second-order valence-electron chi connectivity index (χ2n) is 4.36. The molecular formula is C11H19N3OS. The topological polar surface area (TPSA) is 41.0 Å². The van der Waals surface area contributed by atoms with Gasteiger partial charge in [-0.05, 0) is 18.1 Å². The summed E-state index contributed by atoms with van der Waals surface area (Å²) in [5, 5.41) is 0. The standard InChI is InChI=1S/C11H19N3OS/c1-8(2)9-7-12-11(16)14(9)6-5-10(15)13(3)4/h7-8H,5-6H2,1-4H3,(H,12,16). The van der Waals surface area contributed by atoms with Crippen molar-refractivity contribution < 1.29 is 4.79 Å². The van der Waals surface area contributed by atoms with Crippen LogP contribution in [0.1, 0.15) is 31.9 Å². The number of nitrogens with one attached hydrogen (secondary N) is 1. The molecule has 0 saturated heterocycles. The molecule has 0 aliphatic heterocycles. The Morgan fingerprint density at radius 3 is 2.69 bits per heavy atom. The lowest BCUT2D eigenvalue weighted by atomic mass is 10.1. The smallest absolute Gasteiger partial charge is 0.223 e. The van der Waals surface area contributed by atoms with Crippen molar-refractivity contribution in [3.05, 3.63) is 16.7 Å². The summed E-state index contributed by atoms with van der Waals surface area (Å²) in [6, 6.07) is 0. The summed E-state index contributed by atoms with van der Waals surface area (Å²) >= 11 is 5.19. The van der Waals surface area contributed by atoms with E-state index in [4.69, 9.17) is 12.2 Å². The highest BCUT2D eigenvalue weighted by atomic mass is 32.1. The van der Waals surface area contributed by atoms with Gasteiger partial charge in [0.2, 0.25) is 5.91 Å². The van der Waals surface area contributed by atoms with E-state index >= 15 is 0 Å². The van der Waals surface area contributed by atoms with Gasteiger partial charge in [-0.25, -0.2) is 0 Å². The minimum Gasteiger partial charge on any atom is -0.349 e. The molecule has 4 nitrogen and oxygen atoms in total. The lowest BCUT2D eigenvalue weighted by molar-refractivity contribution is -0.128. The molecule has 0 aromatic carbocycles. The first kappa shape index (κ1) is 13.0. The van der Waals surface area contributed by atoms with Gasteiger partial charge >= 0.3 is 0 Å². The van der Waals surface area contributed by atoms with Gasteiger partial charge in [-0.1, -0.05) is 13.8 Å². The Morgan fingerprint density at radius 1 is 1.56 bits per heavy atom. The summed E-state index contributed by atoms with van der Waals surface area (Å²) in [5.41, 5.74) is 1.15. The van der Waals surface area contributed by atoms with E-state index in [1.165, 1.54) is 0 Å². The van der Waals surface area contributed by atoms with Gasteiger partial charge in [0.25, 0.3) is 0 Å². The quantitative estimate of drug-likeness (QED) is 0.821. The van der Waals surface area contributed by atoms with Gasteiger partial charge in [-0.2, -0.15) is 0 Å². The Morgan fingerprint density at radius 2 is 2.19 bits per heavy atom. The number of aromatic nitrogens is 2.